The second kappa shape index (κ2) is 43.7. The van der Waals surface area contributed by atoms with Gasteiger partial charge in [-0.3, -0.25) is 4.98 Å². The number of anilines is 14. The lowest BCUT2D eigenvalue weighted by Gasteiger charge is -2.08. The van der Waals surface area contributed by atoms with Crippen molar-refractivity contribution < 1.29 is 82.8 Å². The number of aromatic nitrogens is 24. The van der Waals surface area contributed by atoms with E-state index in [0.29, 0.717) is 57.8 Å². The van der Waals surface area contributed by atoms with Gasteiger partial charge in [0.15, 0.2) is 39.9 Å². The number of carboxylic acid groups (broad SMARTS) is 7. The predicted molar refractivity (Wildman–Crippen MR) is 403 cm³/mol. The summed E-state index contributed by atoms with van der Waals surface area (Å²) in [6.07, 6.45) is 17.0. The van der Waals surface area contributed by atoms with Crippen LogP contribution in [0.15, 0.2) is 203 Å². The average Bonchev–Trinajstić information content (AvgIpc) is 1.10. The van der Waals surface area contributed by atoms with Gasteiger partial charge in [0.25, 0.3) is 11.8 Å². The van der Waals surface area contributed by atoms with Gasteiger partial charge in [-0.1, -0.05) is 17.7 Å². The molecule has 0 amide bonds. The largest absolute Gasteiger partial charge is 0.480 e. The van der Waals surface area contributed by atoms with Crippen LogP contribution < -0.4 is 42.0 Å². The number of aryl methyl sites for hydroxylation is 1. The number of methoxy groups -OCH3 is 1. The third-order valence-electron chi connectivity index (χ3n) is 13.3. The van der Waals surface area contributed by atoms with Crippen molar-refractivity contribution in [3.8, 4) is 5.88 Å². The lowest BCUT2D eigenvalue weighted by Crippen LogP contribution is -2.04. The van der Waals surface area contributed by atoms with Crippen LogP contribution >= 0.6 is 0 Å². The van der Waals surface area contributed by atoms with Crippen molar-refractivity contribution >= 4 is 129 Å². The van der Waals surface area contributed by atoms with Crippen LogP contribution in [0.2, 0.25) is 0 Å². The summed E-state index contributed by atoms with van der Waals surface area (Å²) >= 11 is 0. The number of H-pyrrole nitrogens is 1. The smallest absolute Gasteiger partial charge is 0.354 e. The van der Waals surface area contributed by atoms with Crippen molar-refractivity contribution in [2.45, 2.75) is 6.92 Å². The number of ether oxygens (including phenoxy) is 1. The molecule has 0 aliphatic carbocycles. The fourth-order valence-corrected chi connectivity index (χ4v) is 8.06. The molecule has 0 atom stereocenters. The maximum Gasteiger partial charge on any atom is 0.354 e. The maximum atomic E-state index is 13.2. The summed E-state index contributed by atoms with van der Waals surface area (Å²) in [5.74, 6) is -5.40. The Kier molecular flexibility index (Phi) is 31.5. The third-order valence-corrected chi connectivity index (χ3v) is 13.3. The van der Waals surface area contributed by atoms with Crippen molar-refractivity contribution in [3.05, 3.63) is 272 Å². The molecule has 0 bridgehead atoms. The normalized spacial score (nSPS) is 9.82. The van der Waals surface area contributed by atoms with Crippen molar-refractivity contribution in [1.29, 1.82) is 0 Å². The number of nitrogens with one attached hydrogen (secondary N) is 8. The van der Waals surface area contributed by atoms with E-state index in [-0.39, 0.29) is 68.9 Å². The van der Waals surface area contributed by atoms with Crippen LogP contribution in [0.1, 0.15) is 79.1 Å². The zero-order valence-electron chi connectivity index (χ0n) is 59.9. The van der Waals surface area contributed by atoms with Crippen LogP contribution in [0.25, 0.3) is 4.85 Å². The van der Waals surface area contributed by atoms with Gasteiger partial charge < -0.3 is 82.5 Å². The van der Waals surface area contributed by atoms with E-state index in [1.54, 1.807) is 61.1 Å². The van der Waals surface area contributed by atoms with E-state index in [2.05, 4.69) is 162 Å². The molecule has 14 aromatic rings. The van der Waals surface area contributed by atoms with Gasteiger partial charge >= 0.3 is 41.8 Å². The van der Waals surface area contributed by atoms with E-state index in [1.807, 2.05) is 25.1 Å². The molecule has 0 radical (unpaired) electrons. The summed E-state index contributed by atoms with van der Waals surface area (Å²) in [5.41, 5.74) is 2.75. The number of carbonyl (C=O) groups is 7. The monoisotopic (exact) mass is 1610 g/mol. The summed E-state index contributed by atoms with van der Waals surface area (Å²) in [7, 11) is 1.50. The molecule has 47 nitrogen and oxygen atoms in total. The van der Waals surface area contributed by atoms with Crippen molar-refractivity contribution in [2.24, 2.45) is 0 Å². The molecule has 0 aromatic carbocycles. The molecular formula is C69H54F2N32O15. The number of pyridine rings is 6. The highest BCUT2D eigenvalue weighted by Crippen LogP contribution is 2.25. The van der Waals surface area contributed by atoms with Crippen LogP contribution in [0.3, 0.4) is 0 Å². The molecule has 118 heavy (non-hydrogen) atoms. The zero-order chi connectivity index (χ0) is 84.7. The standard InChI is InChI=1S/C11H7N5O2.C11H10N4O3.C11H10N4O2.2C10H7FN4O2.C10H8N4O2.C6H5N7O2/c1-12-9-3-2-7(5-13-9)16-10-4-8(11(17)18)14-6-15-10;1-18-10-7(3-2-4-12-10)15-9-5-8(11(16)17)13-6-14-9;1-7-2-3-8(5-12-7)15-10-4-9(11(16)17)13-6-14-10;11-8-2-1-6(4-12-8)15-9-3-7(10(16)17)13-5-14-9;11-9-6(2-1-3-12-9)15-8-4-7(10(16)17)13-5-14-8;15-10(16)7-5-9(13-6-12-7)14-8-3-1-2-4-11-8;14-5(15)3-1-4(8-2-7-3)9-6-10-12-13-11-6/h2-6H,(H,17,18)(H,14,15,16);2-6H,1H3,(H,16,17)(H,13,14,15);2-6H,1H3,(H,16,17)(H,13,14,15);2*1-5H,(H,16,17)(H,13,14,15);1-6H,(H,15,16)(H,11,12,13,14);1-2H,(H,14,15)(H2,7,8,9,10,11,12,13). The highest BCUT2D eigenvalue weighted by atomic mass is 19.1. The van der Waals surface area contributed by atoms with Crippen molar-refractivity contribution in [1.82, 2.24) is 120 Å². The maximum absolute atomic E-state index is 13.2. The van der Waals surface area contributed by atoms with Crippen molar-refractivity contribution in [3.63, 3.8) is 0 Å². The molecule has 0 spiro atoms. The summed E-state index contributed by atoms with van der Waals surface area (Å²) in [4.78, 5) is 153. The molecule has 14 rings (SSSR count). The van der Waals surface area contributed by atoms with Gasteiger partial charge in [0.1, 0.15) is 103 Å². The van der Waals surface area contributed by atoms with Gasteiger partial charge in [-0.25, -0.2) is 123 Å². The van der Waals surface area contributed by atoms with Crippen LogP contribution in [0.5, 0.6) is 5.88 Å². The summed E-state index contributed by atoms with van der Waals surface area (Å²) in [5, 5.41) is 93.7. The minimum absolute atomic E-state index is 0.0532. The Bertz CT molecular complexity index is 5680. The van der Waals surface area contributed by atoms with E-state index in [4.69, 9.17) is 47.1 Å². The Hall–Kier alpha value is -18.4. The van der Waals surface area contributed by atoms with E-state index < -0.39 is 53.7 Å². The molecule has 0 fully saturated rings. The second-order valence-electron chi connectivity index (χ2n) is 21.5. The quantitative estimate of drug-likeness (QED) is 0.0223. The number of nitrogens with zero attached hydrogens (tertiary/aromatic N) is 24. The molecule has 15 N–H and O–H groups in total. The number of aromatic carboxylic acids is 7. The van der Waals surface area contributed by atoms with Gasteiger partial charge in [0.05, 0.1) is 42.3 Å². The van der Waals surface area contributed by atoms with E-state index >= 15 is 0 Å². The lowest BCUT2D eigenvalue weighted by atomic mass is 10.3. The fraction of sp³-hybridized carbons (Fsp3) is 0.0290. The Balaban J connectivity index is 0.000000172. The number of carboxylic acids is 7. The van der Waals surface area contributed by atoms with Crippen LogP contribution in [0.4, 0.5) is 95.5 Å². The van der Waals surface area contributed by atoms with Crippen LogP contribution in [-0.2, 0) is 0 Å². The highest BCUT2D eigenvalue weighted by molar-refractivity contribution is 5.89. The number of rotatable bonds is 22. The first kappa shape index (κ1) is 85.2. The first-order chi connectivity index (χ1) is 56.9. The Morgan fingerprint density at radius 3 is 1.09 bits per heavy atom. The Morgan fingerprint density at radius 1 is 0.373 bits per heavy atom. The van der Waals surface area contributed by atoms with E-state index in [1.165, 1.54) is 105 Å². The topological polar surface area (TPSA) is 671 Å². The molecule has 0 saturated heterocycles. The molecule has 594 valence electrons. The SMILES string of the molecule is COc1ncccc1Nc1cc(C(=O)O)ncn1.Cc1ccc(Nc2cc(C(=O)O)ncn2)cn1.O=C(O)c1cc(Nc2ccc(F)nc2)ncn1.O=C(O)c1cc(Nc2ccccn2)ncn1.O=C(O)c1cc(Nc2cccnc2F)ncn1.O=C(O)c1cc(Nc2nn[nH]n2)ncn1.[C-]#[N+]c1ccc(Nc2cc(C(=O)O)ncn2)cn1. The van der Waals surface area contributed by atoms with Gasteiger partial charge in [-0.2, -0.15) is 14.0 Å². The van der Waals surface area contributed by atoms with Gasteiger partial charge in [-0.05, 0) is 84.9 Å². The average molecular weight is 1610 g/mol. The summed E-state index contributed by atoms with van der Waals surface area (Å²) < 4.78 is 30.8. The van der Waals surface area contributed by atoms with Gasteiger partial charge in [-0.15, -0.1) is 10.1 Å². The highest BCUT2D eigenvalue weighted by Gasteiger charge is 2.15. The zero-order valence-corrected chi connectivity index (χ0v) is 59.9. The summed E-state index contributed by atoms with van der Waals surface area (Å²) in [6.45, 7) is 8.65. The second-order valence-corrected chi connectivity index (χ2v) is 21.5. The van der Waals surface area contributed by atoms with Crippen LogP contribution in [0, 0.1) is 25.4 Å². The minimum atomic E-state index is -1.18. The summed E-state index contributed by atoms with van der Waals surface area (Å²) in [6, 6.07) is 30.5. The van der Waals surface area contributed by atoms with Gasteiger partial charge in [0, 0.05) is 66.7 Å². The van der Waals surface area contributed by atoms with Gasteiger partial charge in [0.2, 0.25) is 17.8 Å². The number of tetrazole rings is 1. The number of halogens is 2. The first-order valence-corrected chi connectivity index (χ1v) is 32.3. The van der Waals surface area contributed by atoms with E-state index in [0.717, 1.165) is 36.7 Å². The Labute approximate surface area is 658 Å². The number of hydrogen-bond donors (Lipinski definition) is 15. The molecule has 0 aliphatic heterocycles. The first-order valence-electron chi connectivity index (χ1n) is 32.3. The predicted octanol–water partition coefficient (Wildman–Crippen LogP) is 8.46. The van der Waals surface area contributed by atoms with Crippen LogP contribution in [-0.4, -0.2) is 205 Å². The minimum Gasteiger partial charge on any atom is -0.480 e. The molecular weight excluding hydrogens is 1550 g/mol. The number of aromatic amines is 1. The molecule has 0 aliphatic rings. The molecule has 49 heteroatoms. The molecule has 14 aromatic heterocycles. The molecule has 14 heterocycles. The lowest BCUT2D eigenvalue weighted by molar-refractivity contribution is 0.0679. The van der Waals surface area contributed by atoms with Crippen molar-refractivity contribution in [2.75, 3.05) is 44.3 Å². The number of hydrogen-bond acceptors (Lipinski definition) is 38. The Morgan fingerprint density at radius 2 is 0.746 bits per heavy atom. The molecule has 0 saturated carbocycles. The third kappa shape index (κ3) is 28.5. The van der Waals surface area contributed by atoms with E-state index in [9.17, 15) is 42.3 Å². The molecule has 0 unspecified atom stereocenters. The fourth-order valence-electron chi connectivity index (χ4n) is 8.06.